The highest BCUT2D eigenvalue weighted by atomic mass is 15.3. The molecule has 0 saturated heterocycles. The van der Waals surface area contributed by atoms with Crippen LogP contribution >= 0.6 is 0 Å². The number of rotatable bonds is 2. The third-order valence-electron chi connectivity index (χ3n) is 1.83. The molecule has 15 heavy (non-hydrogen) atoms. The molecule has 2 aromatic rings. The maximum absolute atomic E-state index is 7.31. The lowest BCUT2D eigenvalue weighted by molar-refractivity contribution is 0.798. The number of nitrogens with one attached hydrogen (secondary N) is 1. The molecular formula is C9H10N6. The van der Waals surface area contributed by atoms with Crippen LogP contribution in [0.3, 0.4) is 0 Å². The molecule has 0 aliphatic carbocycles. The number of nitrogen functional groups attached to an aromatic ring is 1. The molecule has 0 amide bonds. The fourth-order valence-electron chi connectivity index (χ4n) is 1.18. The van der Waals surface area contributed by atoms with Gasteiger partial charge in [-0.15, -0.1) is 0 Å². The fourth-order valence-corrected chi connectivity index (χ4v) is 1.18. The van der Waals surface area contributed by atoms with Crippen molar-refractivity contribution in [2.75, 3.05) is 0 Å². The minimum absolute atomic E-state index is 0.0751. The van der Waals surface area contributed by atoms with Crippen LogP contribution < -0.4 is 5.73 Å². The minimum Gasteiger partial charge on any atom is -0.382 e. The van der Waals surface area contributed by atoms with Crippen LogP contribution in [0.4, 0.5) is 0 Å². The summed E-state index contributed by atoms with van der Waals surface area (Å²) in [7, 11) is 0. The van der Waals surface area contributed by atoms with Crippen LogP contribution in [0, 0.1) is 12.3 Å². The second-order valence-electron chi connectivity index (χ2n) is 3.06. The van der Waals surface area contributed by atoms with Crippen LogP contribution in [0.5, 0.6) is 0 Å². The van der Waals surface area contributed by atoms with Gasteiger partial charge in [-0.25, -0.2) is 14.6 Å². The van der Waals surface area contributed by atoms with Gasteiger partial charge >= 0.3 is 0 Å². The molecule has 0 aliphatic rings. The first kappa shape index (κ1) is 9.32. The Morgan fingerprint density at radius 3 is 2.87 bits per heavy atom. The van der Waals surface area contributed by atoms with E-state index in [9.17, 15) is 0 Å². The predicted molar refractivity (Wildman–Crippen MR) is 54.9 cm³/mol. The molecule has 2 heterocycles. The lowest BCUT2D eigenvalue weighted by Gasteiger charge is -2.03. The van der Waals surface area contributed by atoms with Crippen molar-refractivity contribution in [1.82, 2.24) is 19.7 Å². The molecule has 0 aromatic carbocycles. The molecule has 2 rings (SSSR count). The van der Waals surface area contributed by atoms with Gasteiger partial charge in [-0.05, 0) is 19.1 Å². The zero-order valence-corrected chi connectivity index (χ0v) is 8.18. The molecule has 0 radical (unpaired) electrons. The minimum atomic E-state index is -0.0751. The van der Waals surface area contributed by atoms with Crippen LogP contribution in [-0.2, 0) is 0 Å². The largest absolute Gasteiger partial charge is 0.382 e. The highest BCUT2D eigenvalue weighted by Gasteiger charge is 2.05. The number of aromatic nitrogens is 4. The quantitative estimate of drug-likeness (QED) is 0.539. The number of hydrogen-bond acceptors (Lipinski definition) is 4. The van der Waals surface area contributed by atoms with Crippen LogP contribution in [0.15, 0.2) is 24.5 Å². The van der Waals surface area contributed by atoms with Gasteiger partial charge in [0, 0.05) is 18.1 Å². The van der Waals surface area contributed by atoms with Crippen molar-refractivity contribution < 1.29 is 0 Å². The molecule has 0 unspecified atom stereocenters. The number of amidine groups is 1. The summed E-state index contributed by atoms with van der Waals surface area (Å²) < 4.78 is 1.53. The van der Waals surface area contributed by atoms with Crippen molar-refractivity contribution in [3.63, 3.8) is 0 Å². The van der Waals surface area contributed by atoms with E-state index in [0.717, 1.165) is 5.69 Å². The Hall–Kier alpha value is -2.24. The van der Waals surface area contributed by atoms with E-state index in [1.165, 1.54) is 4.68 Å². The van der Waals surface area contributed by atoms with E-state index in [1.54, 1.807) is 24.5 Å². The SMILES string of the molecule is Cc1cc(C(=N)N)nc(-n2cccn2)n1. The molecule has 6 heteroatoms. The third-order valence-corrected chi connectivity index (χ3v) is 1.83. The van der Waals surface area contributed by atoms with Gasteiger partial charge in [-0.2, -0.15) is 5.10 Å². The lowest BCUT2D eigenvalue weighted by Crippen LogP contribution is -2.16. The van der Waals surface area contributed by atoms with Gasteiger partial charge in [0.2, 0.25) is 0 Å². The highest BCUT2D eigenvalue weighted by Crippen LogP contribution is 2.03. The molecule has 2 aromatic heterocycles. The second-order valence-corrected chi connectivity index (χ2v) is 3.06. The first-order valence-corrected chi connectivity index (χ1v) is 4.37. The predicted octanol–water partition coefficient (Wildman–Crippen LogP) is 0.255. The zero-order chi connectivity index (χ0) is 10.8. The molecule has 0 spiro atoms. The standard InChI is InChI=1S/C9H10N6/c1-6-5-7(8(10)11)14-9(13-6)15-4-2-3-12-15/h2-5H,1H3,(H3,10,11). The van der Waals surface area contributed by atoms with Crippen molar-refractivity contribution >= 4 is 5.84 Å². The number of nitrogens with zero attached hydrogens (tertiary/aromatic N) is 4. The van der Waals surface area contributed by atoms with Gasteiger partial charge in [0.1, 0.15) is 11.5 Å². The van der Waals surface area contributed by atoms with Gasteiger partial charge in [0.05, 0.1) is 0 Å². The van der Waals surface area contributed by atoms with E-state index in [-0.39, 0.29) is 5.84 Å². The Bertz CT molecular complexity index is 487. The number of aryl methyl sites for hydroxylation is 1. The van der Waals surface area contributed by atoms with Gasteiger partial charge in [0.25, 0.3) is 5.95 Å². The summed E-state index contributed by atoms with van der Waals surface area (Å²) in [5.74, 6) is 0.346. The molecule has 0 bridgehead atoms. The van der Waals surface area contributed by atoms with Crippen molar-refractivity contribution in [2.24, 2.45) is 5.73 Å². The monoisotopic (exact) mass is 202 g/mol. The summed E-state index contributed by atoms with van der Waals surface area (Å²) in [6.07, 6.45) is 3.37. The van der Waals surface area contributed by atoms with Crippen molar-refractivity contribution in [2.45, 2.75) is 6.92 Å². The molecule has 0 aliphatic heterocycles. The smallest absolute Gasteiger partial charge is 0.251 e. The molecule has 6 nitrogen and oxygen atoms in total. The van der Waals surface area contributed by atoms with Gasteiger partial charge < -0.3 is 5.73 Å². The van der Waals surface area contributed by atoms with E-state index in [0.29, 0.717) is 11.6 Å². The Kier molecular flexibility index (Phi) is 2.17. The van der Waals surface area contributed by atoms with Crippen molar-refractivity contribution in [3.8, 4) is 5.95 Å². The summed E-state index contributed by atoms with van der Waals surface area (Å²) in [6, 6.07) is 3.44. The maximum atomic E-state index is 7.31. The fraction of sp³-hybridized carbons (Fsp3) is 0.111. The van der Waals surface area contributed by atoms with Crippen LogP contribution in [-0.4, -0.2) is 25.6 Å². The first-order valence-electron chi connectivity index (χ1n) is 4.37. The Labute approximate surface area is 86.3 Å². The lowest BCUT2D eigenvalue weighted by atomic mass is 10.3. The Morgan fingerprint density at radius 2 is 2.27 bits per heavy atom. The first-order chi connectivity index (χ1) is 7.16. The third kappa shape index (κ3) is 1.83. The average molecular weight is 202 g/mol. The normalized spacial score (nSPS) is 10.2. The summed E-state index contributed by atoms with van der Waals surface area (Å²) in [5.41, 5.74) is 6.53. The molecule has 0 fully saturated rings. The van der Waals surface area contributed by atoms with E-state index >= 15 is 0 Å². The topological polar surface area (TPSA) is 93.5 Å². The second kappa shape index (κ2) is 3.49. The Morgan fingerprint density at radius 1 is 1.47 bits per heavy atom. The molecule has 0 saturated carbocycles. The van der Waals surface area contributed by atoms with E-state index in [4.69, 9.17) is 11.1 Å². The van der Waals surface area contributed by atoms with Crippen LogP contribution in [0.25, 0.3) is 5.95 Å². The van der Waals surface area contributed by atoms with E-state index in [2.05, 4.69) is 15.1 Å². The summed E-state index contributed by atoms with van der Waals surface area (Å²) in [6.45, 7) is 1.82. The van der Waals surface area contributed by atoms with E-state index < -0.39 is 0 Å². The van der Waals surface area contributed by atoms with Gasteiger partial charge in [-0.3, -0.25) is 5.41 Å². The highest BCUT2D eigenvalue weighted by molar-refractivity contribution is 5.93. The average Bonchev–Trinajstić information content (AvgIpc) is 2.69. The van der Waals surface area contributed by atoms with Crippen molar-refractivity contribution in [1.29, 1.82) is 5.41 Å². The molecule has 3 N–H and O–H groups in total. The molecular weight excluding hydrogens is 192 g/mol. The van der Waals surface area contributed by atoms with E-state index in [1.807, 2.05) is 6.92 Å². The zero-order valence-electron chi connectivity index (χ0n) is 8.18. The van der Waals surface area contributed by atoms with Gasteiger partial charge in [-0.1, -0.05) is 0 Å². The summed E-state index contributed by atoms with van der Waals surface area (Å²) >= 11 is 0. The maximum Gasteiger partial charge on any atom is 0.251 e. The van der Waals surface area contributed by atoms with Crippen LogP contribution in [0.1, 0.15) is 11.4 Å². The van der Waals surface area contributed by atoms with Crippen molar-refractivity contribution in [3.05, 3.63) is 35.9 Å². The summed E-state index contributed by atoms with van der Waals surface area (Å²) in [5, 5.41) is 11.3. The van der Waals surface area contributed by atoms with Gasteiger partial charge in [0.15, 0.2) is 0 Å². The Balaban J connectivity index is 2.54. The molecule has 0 atom stereocenters. The number of hydrogen-bond donors (Lipinski definition) is 2. The number of nitrogens with two attached hydrogens (primary N) is 1. The van der Waals surface area contributed by atoms with Crippen LogP contribution in [0.2, 0.25) is 0 Å². The summed E-state index contributed by atoms with van der Waals surface area (Å²) in [4.78, 5) is 8.31. The molecule has 76 valence electrons.